The van der Waals surface area contributed by atoms with E-state index in [0.29, 0.717) is 19.0 Å². The Morgan fingerprint density at radius 2 is 1.82 bits per heavy atom. The van der Waals surface area contributed by atoms with E-state index in [1.807, 2.05) is 0 Å². The highest BCUT2D eigenvalue weighted by atomic mass is 32.2. The van der Waals surface area contributed by atoms with Crippen LogP contribution in [0.3, 0.4) is 0 Å². The van der Waals surface area contributed by atoms with Crippen molar-refractivity contribution in [3.8, 4) is 0 Å². The number of rotatable bonds is 5. The smallest absolute Gasteiger partial charge is 0.281 e. The molecule has 102 valence electrons. The molecule has 5 nitrogen and oxygen atoms in total. The van der Waals surface area contributed by atoms with Crippen molar-refractivity contribution in [2.75, 3.05) is 33.8 Å². The summed E-state index contributed by atoms with van der Waals surface area (Å²) in [7, 11) is -0.111. The van der Waals surface area contributed by atoms with E-state index in [4.69, 9.17) is 4.74 Å². The van der Waals surface area contributed by atoms with Gasteiger partial charge in [-0.1, -0.05) is 13.8 Å². The highest BCUT2D eigenvalue weighted by Gasteiger charge is 2.29. The molecule has 0 saturated carbocycles. The van der Waals surface area contributed by atoms with Crippen molar-refractivity contribution in [1.29, 1.82) is 0 Å². The lowest BCUT2D eigenvalue weighted by atomic mass is 10.1. The van der Waals surface area contributed by atoms with Crippen LogP contribution >= 0.6 is 0 Å². The molecule has 1 saturated heterocycles. The number of ether oxygens (including phenoxy) is 1. The van der Waals surface area contributed by atoms with E-state index in [1.54, 1.807) is 14.1 Å². The van der Waals surface area contributed by atoms with Crippen molar-refractivity contribution in [3.05, 3.63) is 0 Å². The summed E-state index contributed by atoms with van der Waals surface area (Å²) in [6.07, 6.45) is 1.80. The summed E-state index contributed by atoms with van der Waals surface area (Å²) in [5.41, 5.74) is 0. The van der Waals surface area contributed by atoms with Gasteiger partial charge >= 0.3 is 0 Å². The topological polar surface area (TPSA) is 49.9 Å². The highest BCUT2D eigenvalue weighted by molar-refractivity contribution is 7.86. The Morgan fingerprint density at radius 1 is 1.29 bits per heavy atom. The Kier molecular flexibility index (Phi) is 5.37. The number of nitrogens with zero attached hydrogens (tertiary/aromatic N) is 2. The molecule has 0 unspecified atom stereocenters. The van der Waals surface area contributed by atoms with Crippen LogP contribution in [0, 0.1) is 5.92 Å². The Balaban J connectivity index is 2.41. The molecule has 0 N–H and O–H groups in total. The van der Waals surface area contributed by atoms with E-state index in [1.165, 1.54) is 8.61 Å². The molecule has 0 spiro atoms. The van der Waals surface area contributed by atoms with E-state index in [-0.39, 0.29) is 6.10 Å². The van der Waals surface area contributed by atoms with E-state index >= 15 is 0 Å². The number of piperidine rings is 1. The van der Waals surface area contributed by atoms with Crippen LogP contribution in [0.2, 0.25) is 0 Å². The Bertz CT molecular complexity index is 320. The first kappa shape index (κ1) is 14.9. The maximum Gasteiger partial charge on any atom is 0.281 e. The minimum absolute atomic E-state index is 0.214. The molecule has 1 heterocycles. The van der Waals surface area contributed by atoms with Gasteiger partial charge in [-0.2, -0.15) is 17.0 Å². The number of hydrogen-bond donors (Lipinski definition) is 0. The monoisotopic (exact) mass is 264 g/mol. The molecular formula is C11H24N2O3S. The van der Waals surface area contributed by atoms with Gasteiger partial charge in [0, 0.05) is 33.8 Å². The molecular weight excluding hydrogens is 240 g/mol. The summed E-state index contributed by atoms with van der Waals surface area (Å²) in [5.74, 6) is 0.526. The second-order valence-electron chi connectivity index (χ2n) is 5.12. The molecule has 0 radical (unpaired) electrons. The minimum atomic E-state index is -3.24. The van der Waals surface area contributed by atoms with Crippen molar-refractivity contribution in [2.24, 2.45) is 5.92 Å². The van der Waals surface area contributed by atoms with Crippen LogP contribution in [0.5, 0.6) is 0 Å². The second-order valence-corrected chi connectivity index (χ2v) is 7.26. The molecule has 0 aromatic rings. The quantitative estimate of drug-likeness (QED) is 0.742. The van der Waals surface area contributed by atoms with Crippen LogP contribution in [-0.2, 0) is 14.9 Å². The van der Waals surface area contributed by atoms with Gasteiger partial charge in [0.15, 0.2) is 0 Å². The molecule has 1 fully saturated rings. The van der Waals surface area contributed by atoms with Gasteiger partial charge in [0.1, 0.15) is 0 Å². The molecule has 17 heavy (non-hydrogen) atoms. The van der Waals surface area contributed by atoms with Gasteiger partial charge in [0.2, 0.25) is 0 Å². The fourth-order valence-corrected chi connectivity index (χ4v) is 2.92. The van der Waals surface area contributed by atoms with E-state index < -0.39 is 10.2 Å². The first-order valence-electron chi connectivity index (χ1n) is 6.13. The Labute approximate surface area is 105 Å². The van der Waals surface area contributed by atoms with Gasteiger partial charge < -0.3 is 4.74 Å². The largest absolute Gasteiger partial charge is 0.378 e. The molecule has 0 aromatic heterocycles. The Morgan fingerprint density at radius 3 is 2.24 bits per heavy atom. The summed E-state index contributed by atoms with van der Waals surface area (Å²) in [4.78, 5) is 0. The van der Waals surface area contributed by atoms with E-state index in [2.05, 4.69) is 13.8 Å². The summed E-state index contributed by atoms with van der Waals surface area (Å²) in [5, 5.41) is 0. The fraction of sp³-hybridized carbons (Fsp3) is 1.00. The third-order valence-electron chi connectivity index (χ3n) is 2.85. The SMILES string of the molecule is CC(C)COC1CCN(S(=O)(=O)N(C)C)CC1. The molecule has 1 aliphatic rings. The first-order chi connectivity index (χ1) is 7.84. The molecule has 0 aromatic carbocycles. The van der Waals surface area contributed by atoms with Gasteiger partial charge in [-0.05, 0) is 18.8 Å². The molecule has 6 heteroatoms. The first-order valence-corrected chi connectivity index (χ1v) is 7.53. The molecule has 1 rings (SSSR count). The second kappa shape index (κ2) is 6.13. The van der Waals surface area contributed by atoms with Crippen LogP contribution in [0.25, 0.3) is 0 Å². The number of hydrogen-bond acceptors (Lipinski definition) is 3. The third-order valence-corrected chi connectivity index (χ3v) is 4.79. The van der Waals surface area contributed by atoms with Gasteiger partial charge in [-0.25, -0.2) is 0 Å². The van der Waals surface area contributed by atoms with Crippen molar-refractivity contribution >= 4 is 10.2 Å². The lowest BCUT2D eigenvalue weighted by molar-refractivity contribution is 0.00697. The third kappa shape index (κ3) is 4.21. The zero-order valence-corrected chi connectivity index (χ0v) is 12.0. The molecule has 0 atom stereocenters. The average Bonchev–Trinajstić information content (AvgIpc) is 2.26. The zero-order chi connectivity index (χ0) is 13.1. The van der Waals surface area contributed by atoms with Crippen LogP contribution < -0.4 is 0 Å². The molecule has 0 bridgehead atoms. The zero-order valence-electron chi connectivity index (χ0n) is 11.2. The predicted molar refractivity (Wildman–Crippen MR) is 68.0 cm³/mol. The molecule has 0 aliphatic carbocycles. The fourth-order valence-electron chi connectivity index (χ4n) is 1.79. The predicted octanol–water partition coefficient (Wildman–Crippen LogP) is 0.930. The highest BCUT2D eigenvalue weighted by Crippen LogP contribution is 2.18. The molecule has 1 aliphatic heterocycles. The van der Waals surface area contributed by atoms with Crippen LogP contribution in [-0.4, -0.2) is 56.9 Å². The lowest BCUT2D eigenvalue weighted by Crippen LogP contribution is -2.46. The summed E-state index contributed by atoms with van der Waals surface area (Å²) in [6.45, 7) is 6.11. The molecule has 0 amide bonds. The summed E-state index contributed by atoms with van der Waals surface area (Å²) >= 11 is 0. The van der Waals surface area contributed by atoms with Gasteiger partial charge in [-0.3, -0.25) is 0 Å². The lowest BCUT2D eigenvalue weighted by Gasteiger charge is -2.32. The maximum absolute atomic E-state index is 11.9. The maximum atomic E-state index is 11.9. The van der Waals surface area contributed by atoms with E-state index in [9.17, 15) is 8.42 Å². The van der Waals surface area contributed by atoms with Crippen molar-refractivity contribution in [3.63, 3.8) is 0 Å². The normalized spacial score (nSPS) is 20.4. The van der Waals surface area contributed by atoms with Gasteiger partial charge in [0.25, 0.3) is 10.2 Å². The Hall–Kier alpha value is -0.170. The van der Waals surface area contributed by atoms with Crippen molar-refractivity contribution in [2.45, 2.75) is 32.8 Å². The van der Waals surface area contributed by atoms with Crippen molar-refractivity contribution in [1.82, 2.24) is 8.61 Å². The van der Waals surface area contributed by atoms with Crippen molar-refractivity contribution < 1.29 is 13.2 Å². The van der Waals surface area contributed by atoms with Crippen LogP contribution in [0.1, 0.15) is 26.7 Å². The minimum Gasteiger partial charge on any atom is -0.378 e. The average molecular weight is 264 g/mol. The van der Waals surface area contributed by atoms with Gasteiger partial charge in [-0.15, -0.1) is 0 Å². The van der Waals surface area contributed by atoms with E-state index in [0.717, 1.165) is 19.4 Å². The summed E-state index contributed by atoms with van der Waals surface area (Å²) < 4.78 is 32.3. The van der Waals surface area contributed by atoms with Crippen LogP contribution in [0.4, 0.5) is 0 Å². The summed E-state index contributed by atoms with van der Waals surface area (Å²) in [6, 6.07) is 0. The van der Waals surface area contributed by atoms with Crippen LogP contribution in [0.15, 0.2) is 0 Å². The standard InChI is InChI=1S/C11H24N2O3S/c1-10(2)9-16-11-5-7-13(8-6-11)17(14,15)12(3)4/h10-11H,5-9H2,1-4H3. The van der Waals surface area contributed by atoms with Gasteiger partial charge in [0.05, 0.1) is 6.10 Å².